The van der Waals surface area contributed by atoms with E-state index in [1.807, 2.05) is 52.0 Å². The molecule has 246 valence electrons. The van der Waals surface area contributed by atoms with Crippen LogP contribution in [0.4, 0.5) is 22.7 Å². The minimum Gasteiger partial charge on any atom is -0.324 e. The first-order valence-electron chi connectivity index (χ1n) is 14.9. The lowest BCUT2D eigenvalue weighted by atomic mass is 10.0. The summed E-state index contributed by atoms with van der Waals surface area (Å²) in [5.41, 5.74) is 6.82. The molecule has 0 aromatic heterocycles. The fourth-order valence-corrected chi connectivity index (χ4v) is 5.25. The lowest BCUT2D eigenvalue weighted by Crippen LogP contribution is -2.32. The number of anilines is 2. The van der Waals surface area contributed by atoms with Gasteiger partial charge >= 0.3 is 0 Å². The summed E-state index contributed by atoms with van der Waals surface area (Å²) in [5.74, 6) is -2.14. The number of carbonyl (C=O) groups is 4. The molecular formula is C36H34Cl2N6O4. The maximum absolute atomic E-state index is 12.9. The van der Waals surface area contributed by atoms with Gasteiger partial charge in [0.2, 0.25) is 12.1 Å². The first kappa shape index (κ1) is 35.8. The van der Waals surface area contributed by atoms with Gasteiger partial charge < -0.3 is 10.6 Å². The standard InChI is InChI=1S/C36H34Cl2N6O4/c1-19-7-12-30(21(3)15-19)39-35(47)33(23(5)45)43-41-26-10-11-27(28(37)18-26)25-9-14-32(29(38)17-25)42-44-34(24(6)46)36(48)40-31-13-8-20(2)16-22(31)4/h7-18,33-34H,1-6H3,(H,39,47)(H,40,48). The number of aryl methyl sites for hydroxylation is 4. The number of Topliss-reactive ketones (excluding diaryl/α,β-unsaturated/α-hetero) is 2. The number of amides is 2. The largest absolute Gasteiger partial charge is 0.324 e. The van der Waals surface area contributed by atoms with Gasteiger partial charge in [-0.25, -0.2) is 0 Å². The van der Waals surface area contributed by atoms with Crippen LogP contribution in [0.1, 0.15) is 36.1 Å². The van der Waals surface area contributed by atoms with Gasteiger partial charge in [-0.2, -0.15) is 20.5 Å². The van der Waals surface area contributed by atoms with Crippen molar-refractivity contribution in [2.75, 3.05) is 10.6 Å². The number of hydrogen-bond donors (Lipinski definition) is 2. The van der Waals surface area contributed by atoms with Crippen LogP contribution in [0.3, 0.4) is 0 Å². The summed E-state index contributed by atoms with van der Waals surface area (Å²) in [4.78, 5) is 50.2. The molecule has 0 aliphatic carbocycles. The first-order chi connectivity index (χ1) is 22.7. The third kappa shape index (κ3) is 9.05. The quantitative estimate of drug-likeness (QED) is 0.120. The minimum atomic E-state index is -1.36. The van der Waals surface area contributed by atoms with Gasteiger partial charge in [-0.3, -0.25) is 19.2 Å². The van der Waals surface area contributed by atoms with E-state index in [0.29, 0.717) is 33.2 Å². The fourth-order valence-electron chi connectivity index (χ4n) is 4.75. The van der Waals surface area contributed by atoms with Crippen molar-refractivity contribution in [1.29, 1.82) is 0 Å². The molecule has 48 heavy (non-hydrogen) atoms. The SMILES string of the molecule is CC(=O)C(N=Nc1ccc(-c2ccc(N=NC(C(C)=O)C(=O)Nc3ccc(C)cc3C)c(Cl)c2)c(Cl)c1)C(=O)Nc1ccc(C)cc1C. The summed E-state index contributed by atoms with van der Waals surface area (Å²) >= 11 is 13.1. The highest BCUT2D eigenvalue weighted by Crippen LogP contribution is 2.36. The molecule has 0 aliphatic heterocycles. The zero-order valence-corrected chi connectivity index (χ0v) is 28.8. The zero-order valence-electron chi connectivity index (χ0n) is 27.3. The van der Waals surface area contributed by atoms with Gasteiger partial charge in [-0.05, 0) is 94.6 Å². The van der Waals surface area contributed by atoms with Crippen molar-refractivity contribution in [2.24, 2.45) is 20.5 Å². The molecule has 0 radical (unpaired) electrons. The van der Waals surface area contributed by atoms with Crippen molar-refractivity contribution in [1.82, 2.24) is 0 Å². The second-order valence-corrected chi connectivity index (χ2v) is 12.2. The number of nitrogens with one attached hydrogen (secondary N) is 2. The van der Waals surface area contributed by atoms with Crippen molar-refractivity contribution in [2.45, 2.75) is 53.6 Å². The maximum atomic E-state index is 12.9. The van der Waals surface area contributed by atoms with E-state index in [9.17, 15) is 19.2 Å². The molecule has 4 rings (SSSR count). The molecule has 0 bridgehead atoms. The van der Waals surface area contributed by atoms with Gasteiger partial charge in [0.15, 0.2) is 11.6 Å². The number of ketones is 2. The molecule has 4 aromatic rings. The Morgan fingerprint density at radius 1 is 0.604 bits per heavy atom. The Hall–Kier alpha value is -5.06. The lowest BCUT2D eigenvalue weighted by molar-refractivity contribution is -0.127. The Morgan fingerprint density at radius 3 is 1.58 bits per heavy atom. The molecule has 4 aromatic carbocycles. The minimum absolute atomic E-state index is 0.215. The summed E-state index contributed by atoms with van der Waals surface area (Å²) in [6.07, 6.45) is 0. The smallest absolute Gasteiger partial charge is 0.258 e. The number of carbonyl (C=O) groups excluding carboxylic acids is 4. The Labute approximate surface area is 288 Å². The van der Waals surface area contributed by atoms with Crippen molar-refractivity contribution in [3.63, 3.8) is 0 Å². The molecule has 0 fully saturated rings. The molecule has 12 heteroatoms. The Morgan fingerprint density at radius 2 is 1.12 bits per heavy atom. The predicted octanol–water partition coefficient (Wildman–Crippen LogP) is 9.25. The Bertz CT molecular complexity index is 1970. The van der Waals surface area contributed by atoms with Gasteiger partial charge in [-0.1, -0.05) is 70.7 Å². The van der Waals surface area contributed by atoms with E-state index in [-0.39, 0.29) is 10.7 Å². The second kappa shape index (κ2) is 15.7. The van der Waals surface area contributed by atoms with E-state index in [1.54, 1.807) is 48.5 Å². The van der Waals surface area contributed by atoms with Crippen LogP contribution in [-0.2, 0) is 19.2 Å². The van der Waals surface area contributed by atoms with Crippen LogP contribution in [-0.4, -0.2) is 35.5 Å². The molecule has 0 saturated heterocycles. The van der Waals surface area contributed by atoms with E-state index in [1.165, 1.54) is 13.8 Å². The summed E-state index contributed by atoms with van der Waals surface area (Å²) < 4.78 is 0. The Kier molecular flexibility index (Phi) is 11.7. The fraction of sp³-hybridized carbons (Fsp3) is 0.222. The van der Waals surface area contributed by atoms with Crippen molar-refractivity contribution < 1.29 is 19.2 Å². The highest BCUT2D eigenvalue weighted by Gasteiger charge is 2.25. The number of nitrogens with zero attached hydrogens (tertiary/aromatic N) is 4. The number of halogens is 2. The number of hydrogen-bond acceptors (Lipinski definition) is 8. The van der Waals surface area contributed by atoms with Crippen molar-refractivity contribution in [3.05, 3.63) is 105 Å². The maximum Gasteiger partial charge on any atom is 0.258 e. The number of azo groups is 2. The lowest BCUT2D eigenvalue weighted by Gasteiger charge is -2.12. The van der Waals surface area contributed by atoms with Gasteiger partial charge in [-0.15, -0.1) is 0 Å². The van der Waals surface area contributed by atoms with Gasteiger partial charge in [0.05, 0.1) is 15.7 Å². The Balaban J connectivity index is 1.47. The molecule has 0 spiro atoms. The normalized spacial score (nSPS) is 12.6. The van der Waals surface area contributed by atoms with E-state index in [4.69, 9.17) is 23.2 Å². The van der Waals surface area contributed by atoms with E-state index >= 15 is 0 Å². The van der Waals surface area contributed by atoms with Gasteiger partial charge in [0.1, 0.15) is 5.69 Å². The molecule has 2 unspecified atom stereocenters. The highest BCUT2D eigenvalue weighted by atomic mass is 35.5. The molecule has 0 saturated carbocycles. The third-order valence-corrected chi connectivity index (χ3v) is 7.94. The summed E-state index contributed by atoms with van der Waals surface area (Å²) in [5, 5.41) is 22.2. The average molecular weight is 686 g/mol. The first-order valence-corrected chi connectivity index (χ1v) is 15.7. The molecule has 0 aliphatic rings. The summed E-state index contributed by atoms with van der Waals surface area (Å²) in [6.45, 7) is 10.2. The molecule has 2 atom stereocenters. The monoisotopic (exact) mass is 684 g/mol. The van der Waals surface area contributed by atoms with Crippen LogP contribution in [0.5, 0.6) is 0 Å². The van der Waals surface area contributed by atoms with Crippen LogP contribution in [0.25, 0.3) is 11.1 Å². The summed E-state index contributed by atoms with van der Waals surface area (Å²) in [6, 6.07) is 18.2. The van der Waals surface area contributed by atoms with Crippen LogP contribution >= 0.6 is 23.2 Å². The summed E-state index contributed by atoms with van der Waals surface area (Å²) in [7, 11) is 0. The van der Waals surface area contributed by atoms with E-state index in [2.05, 4.69) is 31.1 Å². The molecular weight excluding hydrogens is 651 g/mol. The molecule has 10 nitrogen and oxygen atoms in total. The van der Waals surface area contributed by atoms with Crippen LogP contribution < -0.4 is 10.6 Å². The number of rotatable bonds is 11. The average Bonchev–Trinajstić information content (AvgIpc) is 3.00. The second-order valence-electron chi connectivity index (χ2n) is 11.4. The van der Waals surface area contributed by atoms with Gasteiger partial charge in [0.25, 0.3) is 11.8 Å². The van der Waals surface area contributed by atoms with E-state index in [0.717, 1.165) is 22.3 Å². The van der Waals surface area contributed by atoms with Gasteiger partial charge in [0, 0.05) is 16.9 Å². The third-order valence-electron chi connectivity index (χ3n) is 7.33. The van der Waals surface area contributed by atoms with Crippen LogP contribution in [0, 0.1) is 27.7 Å². The van der Waals surface area contributed by atoms with Crippen molar-refractivity contribution in [3.8, 4) is 11.1 Å². The zero-order chi connectivity index (χ0) is 35.1. The van der Waals surface area contributed by atoms with Crippen LogP contribution in [0.15, 0.2) is 93.3 Å². The molecule has 0 heterocycles. The highest BCUT2D eigenvalue weighted by molar-refractivity contribution is 6.34. The molecule has 2 N–H and O–H groups in total. The van der Waals surface area contributed by atoms with Crippen LogP contribution in [0.2, 0.25) is 10.0 Å². The topological polar surface area (TPSA) is 142 Å². The predicted molar refractivity (Wildman–Crippen MR) is 189 cm³/mol. The van der Waals surface area contributed by atoms with Crippen molar-refractivity contribution >= 4 is 69.3 Å². The number of benzene rings is 4. The van der Waals surface area contributed by atoms with E-state index < -0.39 is 35.5 Å². The molecule has 2 amide bonds.